The Morgan fingerprint density at radius 2 is 2.17 bits per heavy atom. The molecule has 4 rings (SSSR count). The zero-order valence-electron chi connectivity index (χ0n) is 14.0. The Kier molecular flexibility index (Phi) is 3.88. The molecule has 0 bridgehead atoms. The van der Waals surface area contributed by atoms with E-state index in [1.165, 1.54) is 5.82 Å². The minimum absolute atomic E-state index is 0.121. The van der Waals surface area contributed by atoms with E-state index in [2.05, 4.69) is 41.5 Å². The molecule has 1 aliphatic rings. The van der Waals surface area contributed by atoms with Gasteiger partial charge in [0.25, 0.3) is 0 Å². The van der Waals surface area contributed by atoms with Gasteiger partial charge in [-0.15, -0.1) is 11.8 Å². The molecule has 126 valence electrons. The molecule has 1 aliphatic heterocycles. The maximum atomic E-state index is 6.50. The molecule has 3 aromatic rings. The third-order valence-corrected chi connectivity index (χ3v) is 6.07. The number of fused-ring (bicyclic) bond motifs is 2. The first-order valence-electron chi connectivity index (χ1n) is 8.18. The van der Waals surface area contributed by atoms with Crippen molar-refractivity contribution in [1.29, 1.82) is 0 Å². The van der Waals surface area contributed by atoms with Crippen LogP contribution in [0.4, 0.5) is 0 Å². The van der Waals surface area contributed by atoms with Gasteiger partial charge in [0, 0.05) is 36.0 Å². The molecule has 0 radical (unpaired) electrons. The maximum absolute atomic E-state index is 6.50. The molecule has 1 atom stereocenters. The van der Waals surface area contributed by atoms with E-state index in [0.29, 0.717) is 5.25 Å². The summed E-state index contributed by atoms with van der Waals surface area (Å²) in [7, 11) is 0. The first-order chi connectivity index (χ1) is 11.4. The first kappa shape index (κ1) is 16.0. The number of hydrogen-bond donors (Lipinski definition) is 0. The Balaban J connectivity index is 1.68. The molecule has 0 N–H and O–H groups in total. The fourth-order valence-corrected chi connectivity index (χ4v) is 4.49. The predicted octanol–water partition coefficient (Wildman–Crippen LogP) is 5.08. The van der Waals surface area contributed by atoms with E-state index in [1.807, 2.05) is 18.3 Å². The van der Waals surface area contributed by atoms with Gasteiger partial charge in [0.05, 0.1) is 9.92 Å². The third kappa shape index (κ3) is 2.84. The van der Waals surface area contributed by atoms with Crippen molar-refractivity contribution in [2.45, 2.75) is 55.7 Å². The predicted molar refractivity (Wildman–Crippen MR) is 97.9 cm³/mol. The normalized spacial score (nSPS) is 18.1. The van der Waals surface area contributed by atoms with Crippen LogP contribution in [0.1, 0.15) is 38.9 Å². The zero-order chi connectivity index (χ0) is 16.9. The number of halogens is 1. The van der Waals surface area contributed by atoms with Crippen LogP contribution < -0.4 is 0 Å². The highest BCUT2D eigenvalue weighted by molar-refractivity contribution is 8.00. The van der Waals surface area contributed by atoms with Gasteiger partial charge in [-0.1, -0.05) is 32.4 Å². The number of thioether (sulfide) groups is 1. The van der Waals surface area contributed by atoms with Crippen molar-refractivity contribution >= 4 is 34.5 Å². The molecule has 0 amide bonds. The monoisotopic (exact) mass is 361 g/mol. The lowest BCUT2D eigenvalue weighted by Crippen LogP contribution is -2.21. The molecule has 6 heteroatoms. The summed E-state index contributed by atoms with van der Waals surface area (Å²) in [4.78, 5) is 10.1. The largest absolute Gasteiger partial charge is 0.439 e. The molecule has 1 unspecified atom stereocenters. The zero-order valence-corrected chi connectivity index (χ0v) is 15.6. The maximum Gasteiger partial charge on any atom is 0.200 e. The van der Waals surface area contributed by atoms with Crippen molar-refractivity contribution < 1.29 is 4.42 Å². The second-order valence-corrected chi connectivity index (χ2v) is 8.99. The van der Waals surface area contributed by atoms with Gasteiger partial charge in [0.1, 0.15) is 11.3 Å². The van der Waals surface area contributed by atoms with Crippen LogP contribution in [0.15, 0.2) is 33.8 Å². The van der Waals surface area contributed by atoms with Gasteiger partial charge < -0.3 is 8.98 Å². The number of hydrogen-bond acceptors (Lipinski definition) is 4. The Hall–Kier alpha value is -1.46. The van der Waals surface area contributed by atoms with Crippen LogP contribution in [-0.2, 0) is 18.4 Å². The average Bonchev–Trinajstić information content (AvgIpc) is 3.15. The average molecular weight is 362 g/mol. The molecule has 3 heterocycles. The van der Waals surface area contributed by atoms with Gasteiger partial charge in [-0.05, 0) is 18.6 Å². The van der Waals surface area contributed by atoms with E-state index < -0.39 is 0 Å². The quantitative estimate of drug-likeness (QED) is 0.638. The summed E-state index contributed by atoms with van der Waals surface area (Å²) in [5.74, 6) is 1.92. The number of aromatic nitrogens is 3. The summed E-state index contributed by atoms with van der Waals surface area (Å²) in [6, 6.07) is 3.86. The minimum Gasteiger partial charge on any atom is -0.439 e. The fourth-order valence-electron chi connectivity index (χ4n) is 2.97. The molecule has 1 aromatic carbocycles. The molecule has 2 aromatic heterocycles. The molecule has 0 saturated carbocycles. The van der Waals surface area contributed by atoms with Crippen LogP contribution in [0.2, 0.25) is 5.02 Å². The molecule has 0 aliphatic carbocycles. The number of benzene rings is 1. The van der Waals surface area contributed by atoms with Crippen molar-refractivity contribution in [3.05, 3.63) is 41.3 Å². The van der Waals surface area contributed by atoms with Crippen LogP contribution in [-0.4, -0.2) is 19.8 Å². The molecule has 0 spiro atoms. The van der Waals surface area contributed by atoms with E-state index >= 15 is 0 Å². The lowest BCUT2D eigenvalue weighted by atomic mass is 9.97. The second kappa shape index (κ2) is 5.81. The number of nitrogens with zero attached hydrogens (tertiary/aromatic N) is 3. The summed E-state index contributed by atoms with van der Waals surface area (Å²) in [6.07, 6.45) is 6.02. The topological polar surface area (TPSA) is 43.9 Å². The van der Waals surface area contributed by atoms with Crippen molar-refractivity contribution in [2.24, 2.45) is 0 Å². The van der Waals surface area contributed by atoms with Gasteiger partial charge in [-0.2, -0.15) is 0 Å². The molecular weight excluding hydrogens is 342 g/mol. The second-order valence-electron chi connectivity index (χ2n) is 7.27. The summed E-state index contributed by atoms with van der Waals surface area (Å²) in [5, 5.41) is 1.19. The highest BCUT2D eigenvalue weighted by Gasteiger charge is 2.26. The van der Waals surface area contributed by atoms with Gasteiger partial charge in [-0.25, -0.2) is 9.97 Å². The number of oxazole rings is 1. The smallest absolute Gasteiger partial charge is 0.200 e. The summed E-state index contributed by atoms with van der Waals surface area (Å²) in [5.41, 5.74) is 1.57. The van der Waals surface area contributed by atoms with E-state index in [-0.39, 0.29) is 5.41 Å². The minimum atomic E-state index is -0.121. The van der Waals surface area contributed by atoms with Gasteiger partial charge >= 0.3 is 0 Å². The lowest BCUT2D eigenvalue weighted by molar-refractivity contribution is 0.408. The van der Waals surface area contributed by atoms with Crippen molar-refractivity contribution in [3.8, 4) is 0 Å². The van der Waals surface area contributed by atoms with Gasteiger partial charge in [0.15, 0.2) is 5.58 Å². The van der Waals surface area contributed by atoms with E-state index in [1.54, 1.807) is 11.8 Å². The van der Waals surface area contributed by atoms with Crippen LogP contribution in [0.3, 0.4) is 0 Å². The molecule has 4 nitrogen and oxygen atoms in total. The van der Waals surface area contributed by atoms with E-state index in [9.17, 15) is 0 Å². The molecule has 0 saturated heterocycles. The fraction of sp³-hybridized carbons (Fsp3) is 0.444. The number of aryl methyl sites for hydroxylation is 1. The van der Waals surface area contributed by atoms with E-state index in [0.717, 1.165) is 46.3 Å². The first-order valence-corrected chi connectivity index (χ1v) is 9.44. The Labute approximate surface area is 150 Å². The lowest BCUT2D eigenvalue weighted by Gasteiger charge is -2.23. The van der Waals surface area contributed by atoms with Crippen LogP contribution in [0, 0.1) is 0 Å². The Morgan fingerprint density at radius 3 is 2.96 bits per heavy atom. The SMILES string of the molecule is CC(C)(C)c1nc2ccc(Cl)c(SC3CCc4nccn4C3)c2o1. The molecule has 24 heavy (non-hydrogen) atoms. The van der Waals surface area contributed by atoms with Crippen molar-refractivity contribution in [3.63, 3.8) is 0 Å². The summed E-state index contributed by atoms with van der Waals surface area (Å²) >= 11 is 8.29. The van der Waals surface area contributed by atoms with Crippen LogP contribution in [0.25, 0.3) is 11.1 Å². The highest BCUT2D eigenvalue weighted by Crippen LogP contribution is 2.41. The van der Waals surface area contributed by atoms with Crippen LogP contribution >= 0.6 is 23.4 Å². The van der Waals surface area contributed by atoms with Gasteiger partial charge in [0.2, 0.25) is 5.89 Å². The number of imidazole rings is 1. The van der Waals surface area contributed by atoms with Crippen LogP contribution in [0.5, 0.6) is 0 Å². The highest BCUT2D eigenvalue weighted by atomic mass is 35.5. The van der Waals surface area contributed by atoms with Gasteiger partial charge in [-0.3, -0.25) is 0 Å². The standard InChI is InChI=1S/C18H20ClN3OS/c1-18(2,3)17-21-13-6-5-12(19)16(15(13)23-17)24-11-4-7-14-20-8-9-22(14)10-11/h5-6,8-9,11H,4,7,10H2,1-3H3. The van der Waals surface area contributed by atoms with Crippen molar-refractivity contribution in [1.82, 2.24) is 14.5 Å². The Bertz CT molecular complexity index is 893. The Morgan fingerprint density at radius 1 is 1.33 bits per heavy atom. The third-order valence-electron chi connectivity index (χ3n) is 4.28. The van der Waals surface area contributed by atoms with Crippen molar-refractivity contribution in [2.75, 3.05) is 0 Å². The summed E-state index contributed by atoms with van der Waals surface area (Å²) < 4.78 is 8.34. The summed E-state index contributed by atoms with van der Waals surface area (Å²) in [6.45, 7) is 7.27. The molecular formula is C18H20ClN3OS. The molecule has 0 fully saturated rings. The van der Waals surface area contributed by atoms with E-state index in [4.69, 9.17) is 16.0 Å². The number of rotatable bonds is 2.